The minimum atomic E-state index is -0.578. The zero-order chi connectivity index (χ0) is 17.4. The average molecular weight is 331 g/mol. The molecule has 1 heterocycles. The van der Waals surface area contributed by atoms with Crippen LogP contribution in [0.2, 0.25) is 0 Å². The Hall–Kier alpha value is -2.37. The van der Waals surface area contributed by atoms with E-state index in [2.05, 4.69) is 0 Å². The second kappa shape index (κ2) is 6.26. The number of Topliss-reactive ketones (excluding diaryl/α,β-unsaturated/α-hetero) is 1. The molecule has 0 N–H and O–H groups in total. The van der Waals surface area contributed by atoms with Crippen LogP contribution in [0.15, 0.2) is 11.8 Å². The molecule has 0 saturated heterocycles. The van der Waals surface area contributed by atoms with Crippen molar-refractivity contribution in [1.82, 2.24) is 4.57 Å². The highest BCUT2D eigenvalue weighted by molar-refractivity contribution is 6.26. The van der Waals surface area contributed by atoms with Crippen LogP contribution in [0.5, 0.6) is 0 Å². The van der Waals surface area contributed by atoms with Crippen molar-refractivity contribution in [2.45, 2.75) is 38.0 Å². The van der Waals surface area contributed by atoms with Crippen LogP contribution in [0.4, 0.5) is 0 Å². The molecule has 1 aromatic heterocycles. The molecule has 1 saturated carbocycles. The Balaban J connectivity index is 2.25. The number of hydrogen-bond donors (Lipinski definition) is 0. The number of allylic oxidation sites excluding steroid dienone is 2. The van der Waals surface area contributed by atoms with Gasteiger partial charge >= 0.3 is 5.97 Å². The molecule has 0 unspecified atom stereocenters. The smallest absolute Gasteiger partial charge is 0.340 e. The Morgan fingerprint density at radius 3 is 2.42 bits per heavy atom. The van der Waals surface area contributed by atoms with E-state index in [1.807, 2.05) is 0 Å². The SMILES string of the molecule is COC(=O)c1c2c(n(C)c1C1CCCCC1)C(=O)C=C(OC)C2=O. The zero-order valence-electron chi connectivity index (χ0n) is 14.2. The second-order valence-electron chi connectivity index (χ2n) is 6.28. The second-order valence-corrected chi connectivity index (χ2v) is 6.28. The summed E-state index contributed by atoms with van der Waals surface area (Å²) in [6, 6.07) is 0. The van der Waals surface area contributed by atoms with Crippen molar-refractivity contribution in [1.29, 1.82) is 0 Å². The summed E-state index contributed by atoms with van der Waals surface area (Å²) in [6.07, 6.45) is 6.38. The molecule has 0 spiro atoms. The quantitative estimate of drug-likeness (QED) is 0.796. The highest BCUT2D eigenvalue weighted by Crippen LogP contribution is 2.39. The largest absolute Gasteiger partial charge is 0.492 e. The number of methoxy groups -OCH3 is 2. The van der Waals surface area contributed by atoms with Gasteiger partial charge in [0.2, 0.25) is 11.6 Å². The fourth-order valence-corrected chi connectivity index (χ4v) is 3.90. The Bertz CT molecular complexity index is 750. The van der Waals surface area contributed by atoms with E-state index in [0.29, 0.717) is 0 Å². The lowest BCUT2D eigenvalue weighted by Crippen LogP contribution is -2.21. The van der Waals surface area contributed by atoms with Crippen molar-refractivity contribution in [2.75, 3.05) is 14.2 Å². The summed E-state index contributed by atoms with van der Waals surface area (Å²) in [5.41, 5.74) is 1.33. The van der Waals surface area contributed by atoms with Crippen LogP contribution in [-0.4, -0.2) is 36.3 Å². The predicted molar refractivity (Wildman–Crippen MR) is 86.3 cm³/mol. The van der Waals surface area contributed by atoms with E-state index in [4.69, 9.17) is 9.47 Å². The minimum absolute atomic E-state index is 0.0431. The Morgan fingerprint density at radius 1 is 1.17 bits per heavy atom. The number of hydrogen-bond acceptors (Lipinski definition) is 5. The number of carbonyl (C=O) groups is 3. The lowest BCUT2D eigenvalue weighted by Gasteiger charge is -2.23. The molecule has 6 nitrogen and oxygen atoms in total. The van der Waals surface area contributed by atoms with E-state index in [-0.39, 0.29) is 34.3 Å². The number of carbonyl (C=O) groups excluding carboxylic acids is 3. The van der Waals surface area contributed by atoms with Crippen LogP contribution in [-0.2, 0) is 16.5 Å². The Kier molecular flexibility index (Phi) is 4.30. The summed E-state index contributed by atoms with van der Waals surface area (Å²) >= 11 is 0. The van der Waals surface area contributed by atoms with Crippen molar-refractivity contribution < 1.29 is 23.9 Å². The van der Waals surface area contributed by atoms with E-state index in [9.17, 15) is 14.4 Å². The Morgan fingerprint density at radius 2 is 1.83 bits per heavy atom. The first kappa shape index (κ1) is 16.5. The van der Waals surface area contributed by atoms with Crippen LogP contribution in [0.1, 0.15) is 74.9 Å². The molecule has 0 bridgehead atoms. The highest BCUT2D eigenvalue weighted by Gasteiger charge is 2.39. The van der Waals surface area contributed by atoms with Crippen molar-refractivity contribution in [3.05, 3.63) is 34.3 Å². The molecule has 0 amide bonds. The molecule has 0 atom stereocenters. The van der Waals surface area contributed by atoms with E-state index in [0.717, 1.165) is 31.4 Å². The van der Waals surface area contributed by atoms with Crippen molar-refractivity contribution in [3.63, 3.8) is 0 Å². The molecule has 128 valence electrons. The number of nitrogens with zero attached hydrogens (tertiary/aromatic N) is 1. The average Bonchev–Trinajstić information content (AvgIpc) is 2.92. The molecule has 1 aromatic rings. The third-order valence-electron chi connectivity index (χ3n) is 4.99. The summed E-state index contributed by atoms with van der Waals surface area (Å²) in [7, 11) is 4.37. The number of ketones is 2. The third-order valence-corrected chi connectivity index (χ3v) is 4.99. The van der Waals surface area contributed by atoms with Gasteiger partial charge in [0.1, 0.15) is 5.69 Å². The predicted octanol–water partition coefficient (Wildman–Crippen LogP) is 2.77. The van der Waals surface area contributed by atoms with Gasteiger partial charge < -0.3 is 14.0 Å². The number of fused-ring (bicyclic) bond motifs is 1. The molecule has 2 aliphatic rings. The number of aromatic nitrogens is 1. The van der Waals surface area contributed by atoms with Gasteiger partial charge in [-0.25, -0.2) is 4.79 Å². The van der Waals surface area contributed by atoms with Gasteiger partial charge in [-0.05, 0) is 12.8 Å². The van der Waals surface area contributed by atoms with Gasteiger partial charge in [0.25, 0.3) is 0 Å². The van der Waals surface area contributed by atoms with Crippen LogP contribution in [0, 0.1) is 0 Å². The molecular formula is C18H21NO5. The lowest BCUT2D eigenvalue weighted by molar-refractivity contribution is 0.0594. The monoisotopic (exact) mass is 331 g/mol. The van der Waals surface area contributed by atoms with Gasteiger partial charge in [0.05, 0.1) is 25.3 Å². The van der Waals surface area contributed by atoms with Crippen LogP contribution < -0.4 is 0 Å². The van der Waals surface area contributed by atoms with E-state index < -0.39 is 11.8 Å². The molecule has 0 aromatic carbocycles. The molecule has 2 aliphatic carbocycles. The van der Waals surface area contributed by atoms with Gasteiger partial charge in [-0.2, -0.15) is 0 Å². The van der Waals surface area contributed by atoms with Crippen molar-refractivity contribution in [2.24, 2.45) is 7.05 Å². The fourth-order valence-electron chi connectivity index (χ4n) is 3.90. The van der Waals surface area contributed by atoms with Gasteiger partial charge in [0.15, 0.2) is 5.76 Å². The van der Waals surface area contributed by atoms with Crippen molar-refractivity contribution >= 4 is 17.5 Å². The van der Waals surface area contributed by atoms with Gasteiger partial charge in [-0.15, -0.1) is 0 Å². The van der Waals surface area contributed by atoms with Gasteiger partial charge in [0, 0.05) is 24.7 Å². The number of ether oxygens (including phenoxy) is 2. The molecule has 0 aliphatic heterocycles. The number of esters is 1. The molecule has 24 heavy (non-hydrogen) atoms. The third kappa shape index (κ3) is 2.37. The molecular weight excluding hydrogens is 310 g/mol. The van der Waals surface area contributed by atoms with Gasteiger partial charge in [-0.3, -0.25) is 9.59 Å². The van der Waals surface area contributed by atoms with E-state index >= 15 is 0 Å². The zero-order valence-corrected chi connectivity index (χ0v) is 14.2. The first-order valence-electron chi connectivity index (χ1n) is 8.16. The standard InChI is InChI=1S/C18H21NO5/c1-19-15(10-7-5-4-6-8-10)14(18(22)24-3)13-16(19)11(20)9-12(23-2)17(13)21/h9-10H,4-8H2,1-3H3. The maximum absolute atomic E-state index is 12.7. The normalized spacial score (nSPS) is 18.2. The van der Waals surface area contributed by atoms with E-state index in [1.54, 1.807) is 11.6 Å². The number of rotatable bonds is 3. The van der Waals surface area contributed by atoms with Crippen LogP contribution in [0.25, 0.3) is 0 Å². The topological polar surface area (TPSA) is 74.6 Å². The maximum Gasteiger partial charge on any atom is 0.340 e. The molecule has 3 rings (SSSR count). The molecule has 0 radical (unpaired) electrons. The fraction of sp³-hybridized carbons (Fsp3) is 0.500. The summed E-state index contributed by atoms with van der Waals surface area (Å²) in [4.78, 5) is 37.7. The first-order valence-corrected chi connectivity index (χ1v) is 8.16. The summed E-state index contributed by atoms with van der Waals surface area (Å²) in [6.45, 7) is 0. The summed E-state index contributed by atoms with van der Waals surface area (Å²) < 4.78 is 11.7. The first-order chi connectivity index (χ1) is 11.5. The van der Waals surface area contributed by atoms with Crippen molar-refractivity contribution in [3.8, 4) is 0 Å². The van der Waals surface area contributed by atoms with E-state index in [1.165, 1.54) is 26.7 Å². The minimum Gasteiger partial charge on any atom is -0.492 e. The maximum atomic E-state index is 12.7. The highest BCUT2D eigenvalue weighted by atomic mass is 16.5. The van der Waals surface area contributed by atoms with Crippen LogP contribution >= 0.6 is 0 Å². The molecule has 6 heteroatoms. The Labute approximate surface area is 140 Å². The lowest BCUT2D eigenvalue weighted by atomic mass is 9.84. The molecule has 1 fully saturated rings. The summed E-state index contributed by atoms with van der Waals surface area (Å²) in [5.74, 6) is -1.24. The summed E-state index contributed by atoms with van der Waals surface area (Å²) in [5, 5.41) is 0. The van der Waals surface area contributed by atoms with Gasteiger partial charge in [-0.1, -0.05) is 19.3 Å². The van der Waals surface area contributed by atoms with Crippen LogP contribution in [0.3, 0.4) is 0 Å².